The molecule has 13 heteroatoms. The lowest BCUT2D eigenvalue weighted by atomic mass is 10.1. The third kappa shape index (κ3) is 5.17. The molecule has 1 fully saturated rings. The molecule has 1 unspecified atom stereocenters. The average molecular weight is 581 g/mol. The predicted molar refractivity (Wildman–Crippen MR) is 150 cm³/mol. The maximum absolute atomic E-state index is 14.9. The fourth-order valence-corrected chi connectivity index (χ4v) is 6.43. The molecule has 0 saturated carbocycles. The van der Waals surface area contributed by atoms with E-state index in [2.05, 4.69) is 35.1 Å². The Bertz CT molecular complexity index is 1770. The number of piperidine rings is 1. The molecular formula is C27H26ClFN8O2S. The Labute approximate surface area is 235 Å². The number of hydrogen-bond donors (Lipinski definition) is 2. The quantitative estimate of drug-likeness (QED) is 0.286. The largest absolute Gasteiger partial charge is 0.363 e. The van der Waals surface area contributed by atoms with Crippen molar-refractivity contribution < 1.29 is 12.8 Å². The summed E-state index contributed by atoms with van der Waals surface area (Å²) in [5.41, 5.74) is 1.47. The molecule has 206 valence electrons. The highest BCUT2D eigenvalue weighted by molar-refractivity contribution is 7.90. The maximum atomic E-state index is 14.9. The molecule has 0 spiro atoms. The van der Waals surface area contributed by atoms with Crippen LogP contribution in [0.15, 0.2) is 66.2 Å². The summed E-state index contributed by atoms with van der Waals surface area (Å²) >= 11 is 6.24. The highest BCUT2D eigenvalue weighted by Gasteiger charge is 2.26. The van der Waals surface area contributed by atoms with Crippen molar-refractivity contribution in [1.29, 1.82) is 0 Å². The van der Waals surface area contributed by atoms with Crippen LogP contribution in [-0.4, -0.2) is 61.3 Å². The number of rotatable bonds is 7. The van der Waals surface area contributed by atoms with Crippen LogP contribution in [0.5, 0.6) is 0 Å². The van der Waals surface area contributed by atoms with Crippen molar-refractivity contribution in [1.82, 2.24) is 33.8 Å². The van der Waals surface area contributed by atoms with Crippen molar-refractivity contribution in [3.63, 3.8) is 0 Å². The lowest BCUT2D eigenvalue weighted by Gasteiger charge is -2.32. The minimum absolute atomic E-state index is 0.0414. The Morgan fingerprint density at radius 2 is 2.00 bits per heavy atom. The normalized spacial score (nSPS) is 16.4. The number of fused-ring (bicyclic) bond motifs is 1. The van der Waals surface area contributed by atoms with E-state index in [1.54, 1.807) is 42.7 Å². The van der Waals surface area contributed by atoms with Crippen LogP contribution >= 0.6 is 11.6 Å². The van der Waals surface area contributed by atoms with E-state index < -0.39 is 15.8 Å². The van der Waals surface area contributed by atoms with E-state index in [9.17, 15) is 12.8 Å². The van der Waals surface area contributed by atoms with E-state index >= 15 is 0 Å². The Hall–Kier alpha value is -3.87. The van der Waals surface area contributed by atoms with Gasteiger partial charge < -0.3 is 10.3 Å². The molecule has 5 aromatic rings. The van der Waals surface area contributed by atoms with Gasteiger partial charge in [-0.2, -0.15) is 0 Å². The van der Waals surface area contributed by atoms with Gasteiger partial charge in [-0.3, -0.25) is 4.90 Å². The number of aromatic amines is 1. The van der Waals surface area contributed by atoms with Crippen LogP contribution in [0.2, 0.25) is 5.02 Å². The third-order valence-corrected chi connectivity index (χ3v) is 8.79. The first kappa shape index (κ1) is 26.4. The van der Waals surface area contributed by atoms with Crippen LogP contribution in [0.1, 0.15) is 24.2 Å². The molecule has 10 nitrogen and oxygen atoms in total. The van der Waals surface area contributed by atoms with E-state index in [0.29, 0.717) is 29.1 Å². The number of H-pyrrole nitrogens is 1. The van der Waals surface area contributed by atoms with Crippen molar-refractivity contribution in [2.24, 2.45) is 0 Å². The molecule has 0 bridgehead atoms. The van der Waals surface area contributed by atoms with Crippen LogP contribution in [0, 0.1) is 12.7 Å². The van der Waals surface area contributed by atoms with Gasteiger partial charge in [0.15, 0.2) is 23.1 Å². The molecule has 4 aromatic heterocycles. The summed E-state index contributed by atoms with van der Waals surface area (Å²) in [5, 5.41) is 3.98. The Morgan fingerprint density at radius 3 is 2.77 bits per heavy atom. The van der Waals surface area contributed by atoms with Crippen molar-refractivity contribution in [3.8, 4) is 11.4 Å². The zero-order valence-corrected chi connectivity index (χ0v) is 23.1. The van der Waals surface area contributed by atoms with Crippen LogP contribution in [0.25, 0.3) is 22.4 Å². The van der Waals surface area contributed by atoms with Crippen molar-refractivity contribution in [2.75, 3.05) is 18.4 Å². The SMILES string of the molecule is Cc1ccc(S(=O)(=O)n2cc(-c3ncc(F)c(NC4CCCN(Cc5ncc[nH]5)C4)n3)c3cc(Cl)cnc32)cc1. The Morgan fingerprint density at radius 1 is 1.18 bits per heavy atom. The number of hydrogen-bond acceptors (Lipinski definition) is 8. The summed E-state index contributed by atoms with van der Waals surface area (Å²) in [7, 11) is -4.00. The summed E-state index contributed by atoms with van der Waals surface area (Å²) < 4.78 is 43.2. The molecule has 2 N–H and O–H groups in total. The number of nitrogens with zero attached hydrogens (tertiary/aromatic N) is 6. The van der Waals surface area contributed by atoms with Gasteiger partial charge in [0.2, 0.25) is 0 Å². The lowest BCUT2D eigenvalue weighted by molar-refractivity contribution is 0.204. The standard InChI is InChI=1S/C27H26ClFN8O2S/c1-17-4-6-20(7-5-17)40(38,39)37-15-22(21-11-18(28)12-33-27(21)37)25-32-13-23(29)26(35-25)34-19-3-2-10-36(14-19)16-24-30-8-9-31-24/h4-9,11-13,15,19H,2-3,10,14,16H2,1H3,(H,30,31)(H,32,34,35). The van der Waals surface area contributed by atoms with Gasteiger partial charge >= 0.3 is 0 Å². The highest BCUT2D eigenvalue weighted by atomic mass is 35.5. The summed E-state index contributed by atoms with van der Waals surface area (Å²) in [6, 6.07) is 8.11. The van der Waals surface area contributed by atoms with Crippen LogP contribution in [-0.2, 0) is 16.6 Å². The molecule has 1 saturated heterocycles. The highest BCUT2D eigenvalue weighted by Crippen LogP contribution is 2.33. The smallest absolute Gasteiger partial charge is 0.269 e. The second-order valence-electron chi connectivity index (χ2n) is 9.83. The van der Waals surface area contributed by atoms with Gasteiger partial charge in [0.1, 0.15) is 5.82 Å². The number of aryl methyl sites for hydroxylation is 1. The van der Waals surface area contributed by atoms with Crippen molar-refractivity contribution in [3.05, 3.63) is 83.5 Å². The molecule has 1 aromatic carbocycles. The van der Waals surface area contributed by atoms with E-state index in [1.807, 2.05) is 6.92 Å². The van der Waals surface area contributed by atoms with Gasteiger partial charge in [-0.25, -0.2) is 36.7 Å². The number of nitrogens with one attached hydrogen (secondary N) is 2. The zero-order chi connectivity index (χ0) is 27.9. The van der Waals surface area contributed by atoms with E-state index in [0.717, 1.165) is 40.9 Å². The maximum Gasteiger partial charge on any atom is 0.269 e. The van der Waals surface area contributed by atoms with Gasteiger partial charge in [-0.1, -0.05) is 29.3 Å². The molecular weight excluding hydrogens is 555 g/mol. The molecule has 0 aliphatic carbocycles. The van der Waals surface area contributed by atoms with E-state index in [4.69, 9.17) is 11.6 Å². The number of benzene rings is 1. The van der Waals surface area contributed by atoms with Gasteiger partial charge in [0.05, 0.1) is 22.7 Å². The molecule has 5 heterocycles. The summed E-state index contributed by atoms with van der Waals surface area (Å²) in [5.74, 6) is 0.477. The molecule has 1 aliphatic heterocycles. The molecule has 0 amide bonds. The molecule has 6 rings (SSSR count). The Kier molecular flexibility index (Phi) is 6.99. The van der Waals surface area contributed by atoms with Crippen LogP contribution in [0.4, 0.5) is 10.2 Å². The van der Waals surface area contributed by atoms with Gasteiger partial charge in [0.25, 0.3) is 10.0 Å². The number of likely N-dealkylation sites (tertiary alicyclic amines) is 1. The molecule has 1 atom stereocenters. The molecule has 0 radical (unpaired) electrons. The monoisotopic (exact) mass is 580 g/mol. The molecule has 1 aliphatic rings. The van der Waals surface area contributed by atoms with Crippen LogP contribution in [0.3, 0.4) is 0 Å². The number of anilines is 1. The second kappa shape index (κ2) is 10.6. The fourth-order valence-electron chi connectivity index (χ4n) is 4.94. The second-order valence-corrected chi connectivity index (χ2v) is 12.1. The van der Waals surface area contributed by atoms with Gasteiger partial charge in [-0.15, -0.1) is 0 Å². The lowest BCUT2D eigenvalue weighted by Crippen LogP contribution is -2.42. The number of pyridine rings is 1. The minimum Gasteiger partial charge on any atom is -0.363 e. The van der Waals surface area contributed by atoms with Crippen molar-refractivity contribution >= 4 is 38.5 Å². The predicted octanol–water partition coefficient (Wildman–Crippen LogP) is 4.63. The van der Waals surface area contributed by atoms with Crippen molar-refractivity contribution in [2.45, 2.75) is 37.2 Å². The van der Waals surface area contributed by atoms with Crippen LogP contribution < -0.4 is 5.32 Å². The number of halogens is 2. The first-order valence-electron chi connectivity index (χ1n) is 12.8. The number of aromatic nitrogens is 6. The summed E-state index contributed by atoms with van der Waals surface area (Å²) in [6.07, 6.45) is 9.17. The van der Waals surface area contributed by atoms with E-state index in [-0.39, 0.29) is 28.2 Å². The summed E-state index contributed by atoms with van der Waals surface area (Å²) in [4.78, 5) is 22.7. The Balaban J connectivity index is 1.34. The van der Waals surface area contributed by atoms with Gasteiger partial charge in [-0.05, 0) is 44.5 Å². The molecule has 40 heavy (non-hydrogen) atoms. The van der Waals surface area contributed by atoms with E-state index in [1.165, 1.54) is 12.4 Å². The zero-order valence-electron chi connectivity index (χ0n) is 21.6. The first-order valence-corrected chi connectivity index (χ1v) is 14.6. The topological polar surface area (TPSA) is 122 Å². The summed E-state index contributed by atoms with van der Waals surface area (Å²) in [6.45, 7) is 4.15. The average Bonchev–Trinajstić information content (AvgIpc) is 3.58. The van der Waals surface area contributed by atoms with Gasteiger partial charge in [0, 0.05) is 48.3 Å². The minimum atomic E-state index is -4.00. The first-order chi connectivity index (χ1) is 19.3. The fraction of sp³-hybridized carbons (Fsp3) is 0.259. The number of imidazole rings is 1. The third-order valence-electron chi connectivity index (χ3n) is 6.92.